The van der Waals surface area contributed by atoms with Crippen LogP contribution >= 0.6 is 0 Å². The molecule has 2 atom stereocenters. The molecule has 1 aliphatic rings. The van der Waals surface area contributed by atoms with Gasteiger partial charge in [-0.15, -0.1) is 0 Å². The fourth-order valence-corrected chi connectivity index (χ4v) is 2.42. The Kier molecular flexibility index (Phi) is 7.64. The molecule has 2 unspecified atom stereocenters. The first kappa shape index (κ1) is 18.7. The van der Waals surface area contributed by atoms with Gasteiger partial charge in [-0.2, -0.15) is 13.2 Å². The molecule has 5 nitrogen and oxygen atoms in total. The van der Waals surface area contributed by atoms with Crippen molar-refractivity contribution < 1.29 is 32.6 Å². The number of carboxylic acids is 1. The third-order valence-electron chi connectivity index (χ3n) is 3.57. The zero-order valence-electron chi connectivity index (χ0n) is 12.3. The van der Waals surface area contributed by atoms with Crippen LogP contribution in [-0.2, 0) is 14.3 Å². The van der Waals surface area contributed by atoms with Gasteiger partial charge >= 0.3 is 12.1 Å². The van der Waals surface area contributed by atoms with Gasteiger partial charge in [0.25, 0.3) is 0 Å². The SMILES string of the molecule is O=C(CC1CCCO1)NCCCCC(CC(F)(F)F)C(=O)O. The van der Waals surface area contributed by atoms with Gasteiger partial charge < -0.3 is 15.2 Å². The number of aliphatic carboxylic acids is 1. The van der Waals surface area contributed by atoms with Crippen molar-refractivity contribution in [3.63, 3.8) is 0 Å². The molecule has 1 rings (SSSR count). The van der Waals surface area contributed by atoms with E-state index in [1.807, 2.05) is 0 Å². The quantitative estimate of drug-likeness (QED) is 0.639. The predicted octanol–water partition coefficient (Wildman–Crippen LogP) is 2.50. The molecule has 1 aliphatic heterocycles. The molecule has 22 heavy (non-hydrogen) atoms. The van der Waals surface area contributed by atoms with Crippen molar-refractivity contribution in [2.75, 3.05) is 13.2 Å². The van der Waals surface area contributed by atoms with Crippen LogP contribution in [0, 0.1) is 5.92 Å². The molecule has 2 N–H and O–H groups in total. The summed E-state index contributed by atoms with van der Waals surface area (Å²) < 4.78 is 41.9. The first-order valence-corrected chi connectivity index (χ1v) is 7.46. The first-order valence-electron chi connectivity index (χ1n) is 7.46. The molecule has 1 fully saturated rings. The Labute approximate surface area is 127 Å². The van der Waals surface area contributed by atoms with Crippen LogP contribution in [0.15, 0.2) is 0 Å². The zero-order chi connectivity index (χ0) is 16.6. The van der Waals surface area contributed by atoms with Crippen LogP contribution in [0.4, 0.5) is 13.2 Å². The van der Waals surface area contributed by atoms with Crippen molar-refractivity contribution >= 4 is 11.9 Å². The van der Waals surface area contributed by atoms with E-state index in [9.17, 15) is 22.8 Å². The number of nitrogens with one attached hydrogen (secondary N) is 1. The van der Waals surface area contributed by atoms with Crippen molar-refractivity contribution in [2.45, 2.75) is 57.2 Å². The fourth-order valence-electron chi connectivity index (χ4n) is 2.42. The highest BCUT2D eigenvalue weighted by Crippen LogP contribution is 2.27. The molecule has 0 radical (unpaired) electrons. The lowest BCUT2D eigenvalue weighted by Crippen LogP contribution is -2.28. The number of amides is 1. The maximum Gasteiger partial charge on any atom is 0.389 e. The minimum absolute atomic E-state index is 0.0387. The number of hydrogen-bond donors (Lipinski definition) is 2. The van der Waals surface area contributed by atoms with Crippen LogP contribution in [0.1, 0.15) is 44.9 Å². The van der Waals surface area contributed by atoms with E-state index in [0.29, 0.717) is 32.4 Å². The summed E-state index contributed by atoms with van der Waals surface area (Å²) in [5.74, 6) is -2.99. The second kappa shape index (κ2) is 8.97. The second-order valence-corrected chi connectivity index (χ2v) is 5.54. The standard InChI is InChI=1S/C14H22F3NO4/c15-14(16,17)9-10(13(20)21)4-1-2-6-18-12(19)8-11-5-3-7-22-11/h10-11H,1-9H2,(H,18,19)(H,20,21). The third kappa shape index (κ3) is 8.21. The zero-order valence-corrected chi connectivity index (χ0v) is 12.3. The van der Waals surface area contributed by atoms with Gasteiger partial charge in [0.05, 0.1) is 24.9 Å². The number of alkyl halides is 3. The van der Waals surface area contributed by atoms with Crippen LogP contribution in [-0.4, -0.2) is 42.4 Å². The lowest BCUT2D eigenvalue weighted by atomic mass is 9.98. The summed E-state index contributed by atoms with van der Waals surface area (Å²) in [6.07, 6.45) is -2.97. The molecule has 0 spiro atoms. The summed E-state index contributed by atoms with van der Waals surface area (Å²) in [4.78, 5) is 22.3. The monoisotopic (exact) mass is 325 g/mol. The Hall–Kier alpha value is -1.31. The number of rotatable bonds is 9. The summed E-state index contributed by atoms with van der Waals surface area (Å²) >= 11 is 0. The maximum absolute atomic E-state index is 12.2. The van der Waals surface area contributed by atoms with Gasteiger partial charge in [-0.25, -0.2) is 0 Å². The largest absolute Gasteiger partial charge is 0.481 e. The Morgan fingerprint density at radius 2 is 2.05 bits per heavy atom. The molecule has 1 saturated heterocycles. The Morgan fingerprint density at radius 1 is 1.32 bits per heavy atom. The van der Waals surface area contributed by atoms with Gasteiger partial charge in [0, 0.05) is 13.2 Å². The van der Waals surface area contributed by atoms with Crippen LogP contribution in [0.5, 0.6) is 0 Å². The van der Waals surface area contributed by atoms with Gasteiger partial charge in [-0.3, -0.25) is 9.59 Å². The Bertz CT molecular complexity index is 368. The van der Waals surface area contributed by atoms with Crippen molar-refractivity contribution in [3.05, 3.63) is 0 Å². The Morgan fingerprint density at radius 3 is 2.59 bits per heavy atom. The van der Waals surface area contributed by atoms with Gasteiger partial charge in [0.1, 0.15) is 0 Å². The maximum atomic E-state index is 12.2. The minimum atomic E-state index is -4.47. The molecule has 0 saturated carbocycles. The smallest absolute Gasteiger partial charge is 0.389 e. The molecule has 8 heteroatoms. The highest BCUT2D eigenvalue weighted by molar-refractivity contribution is 5.76. The summed E-state index contributed by atoms with van der Waals surface area (Å²) in [7, 11) is 0. The fraction of sp³-hybridized carbons (Fsp3) is 0.857. The van der Waals surface area contributed by atoms with E-state index in [0.717, 1.165) is 12.8 Å². The number of halogens is 3. The molecular formula is C14H22F3NO4. The summed E-state index contributed by atoms with van der Waals surface area (Å²) in [5, 5.41) is 11.4. The summed E-state index contributed by atoms with van der Waals surface area (Å²) in [6, 6.07) is 0. The van der Waals surface area contributed by atoms with E-state index in [4.69, 9.17) is 9.84 Å². The average molecular weight is 325 g/mol. The molecule has 1 heterocycles. The van der Waals surface area contributed by atoms with Crippen LogP contribution in [0.25, 0.3) is 0 Å². The highest BCUT2D eigenvalue weighted by Gasteiger charge is 2.34. The van der Waals surface area contributed by atoms with E-state index in [-0.39, 0.29) is 18.4 Å². The van der Waals surface area contributed by atoms with E-state index in [1.165, 1.54) is 0 Å². The van der Waals surface area contributed by atoms with Crippen molar-refractivity contribution in [1.29, 1.82) is 0 Å². The van der Waals surface area contributed by atoms with E-state index in [2.05, 4.69) is 5.32 Å². The molecular weight excluding hydrogens is 303 g/mol. The third-order valence-corrected chi connectivity index (χ3v) is 3.57. The molecule has 0 aromatic carbocycles. The second-order valence-electron chi connectivity index (χ2n) is 5.54. The summed E-state index contributed by atoms with van der Waals surface area (Å²) in [5.41, 5.74) is 0. The average Bonchev–Trinajstić information content (AvgIpc) is 2.88. The number of carbonyl (C=O) groups excluding carboxylic acids is 1. The van der Waals surface area contributed by atoms with Crippen molar-refractivity contribution in [3.8, 4) is 0 Å². The Balaban J connectivity index is 2.12. The molecule has 0 aromatic heterocycles. The molecule has 0 aliphatic carbocycles. The van der Waals surface area contributed by atoms with Crippen LogP contribution in [0.3, 0.4) is 0 Å². The van der Waals surface area contributed by atoms with Crippen LogP contribution < -0.4 is 5.32 Å². The van der Waals surface area contributed by atoms with Crippen molar-refractivity contribution in [2.24, 2.45) is 5.92 Å². The van der Waals surface area contributed by atoms with Gasteiger partial charge in [-0.05, 0) is 25.7 Å². The van der Waals surface area contributed by atoms with Gasteiger partial charge in [0.15, 0.2) is 0 Å². The van der Waals surface area contributed by atoms with Crippen molar-refractivity contribution in [1.82, 2.24) is 5.32 Å². The van der Waals surface area contributed by atoms with E-state index >= 15 is 0 Å². The summed E-state index contributed by atoms with van der Waals surface area (Å²) in [6.45, 7) is 1.01. The number of hydrogen-bond acceptors (Lipinski definition) is 3. The molecule has 128 valence electrons. The molecule has 0 aromatic rings. The number of carboxylic acid groups (broad SMARTS) is 1. The topological polar surface area (TPSA) is 75.6 Å². The molecule has 1 amide bonds. The van der Waals surface area contributed by atoms with Crippen LogP contribution in [0.2, 0.25) is 0 Å². The normalized spacial score (nSPS) is 19.9. The van der Waals surface area contributed by atoms with Gasteiger partial charge in [-0.1, -0.05) is 6.42 Å². The van der Waals surface area contributed by atoms with E-state index < -0.39 is 24.5 Å². The minimum Gasteiger partial charge on any atom is -0.481 e. The van der Waals surface area contributed by atoms with E-state index in [1.54, 1.807) is 0 Å². The number of ether oxygens (including phenoxy) is 1. The predicted molar refractivity (Wildman–Crippen MR) is 72.2 cm³/mol. The lowest BCUT2D eigenvalue weighted by Gasteiger charge is -2.14. The lowest BCUT2D eigenvalue weighted by molar-refractivity contribution is -0.164. The number of unbranched alkanes of at least 4 members (excludes halogenated alkanes) is 1. The number of carbonyl (C=O) groups is 2. The highest BCUT2D eigenvalue weighted by atomic mass is 19.4. The molecule has 0 bridgehead atoms. The van der Waals surface area contributed by atoms with Gasteiger partial charge in [0.2, 0.25) is 5.91 Å². The first-order chi connectivity index (χ1) is 10.3.